The molecule has 1 aliphatic heterocycles. The molecule has 0 unspecified atom stereocenters. The summed E-state index contributed by atoms with van der Waals surface area (Å²) >= 11 is 6.06. The van der Waals surface area contributed by atoms with Crippen molar-refractivity contribution in [3.63, 3.8) is 0 Å². The fourth-order valence-corrected chi connectivity index (χ4v) is 4.69. The minimum atomic E-state index is -1.07. The third kappa shape index (κ3) is 5.60. The van der Waals surface area contributed by atoms with E-state index in [2.05, 4.69) is 38.1 Å². The molecule has 0 spiro atoms. The van der Waals surface area contributed by atoms with Gasteiger partial charge in [-0.25, -0.2) is 0 Å². The van der Waals surface area contributed by atoms with E-state index in [0.29, 0.717) is 17.0 Å². The standard InChI is InChI=1S/C28H28ClNO4/c1-3-19-7-9-20(10-8-19)15-28(2)16-23-14-22(11-12-25(23)34-28)27(33)30(18-26(31)32)17-21-5-4-6-24(29)13-21/h4-14H,3,15-18H2,1-2H3,(H,31,32)/t28-/m1/s1. The van der Waals surface area contributed by atoms with Crippen molar-refractivity contribution >= 4 is 23.5 Å². The number of hydrogen-bond donors (Lipinski definition) is 1. The number of aryl methyl sites for hydroxylation is 1. The summed E-state index contributed by atoms with van der Waals surface area (Å²) in [6.45, 7) is 3.98. The van der Waals surface area contributed by atoms with E-state index >= 15 is 0 Å². The molecule has 6 heteroatoms. The van der Waals surface area contributed by atoms with Crippen molar-refractivity contribution in [1.29, 1.82) is 0 Å². The van der Waals surface area contributed by atoms with Gasteiger partial charge in [-0.05, 0) is 65.9 Å². The Morgan fingerprint density at radius 1 is 1.03 bits per heavy atom. The van der Waals surface area contributed by atoms with Gasteiger partial charge in [0.15, 0.2) is 0 Å². The van der Waals surface area contributed by atoms with Crippen molar-refractivity contribution in [2.24, 2.45) is 0 Å². The first-order chi connectivity index (χ1) is 16.2. The van der Waals surface area contributed by atoms with E-state index in [1.165, 1.54) is 16.0 Å². The summed E-state index contributed by atoms with van der Waals surface area (Å²) in [5.74, 6) is -0.640. The molecule has 1 N–H and O–H groups in total. The molecular formula is C28H28ClNO4. The Balaban J connectivity index is 1.51. The summed E-state index contributed by atoms with van der Waals surface area (Å²) in [6.07, 6.45) is 2.44. The minimum absolute atomic E-state index is 0.157. The van der Waals surface area contributed by atoms with Crippen LogP contribution in [-0.4, -0.2) is 34.0 Å². The predicted octanol–water partition coefficient (Wildman–Crippen LogP) is 5.57. The average Bonchev–Trinajstić information content (AvgIpc) is 3.13. The Labute approximate surface area is 204 Å². The Morgan fingerprint density at radius 2 is 1.76 bits per heavy atom. The highest BCUT2D eigenvalue weighted by atomic mass is 35.5. The quantitative estimate of drug-likeness (QED) is 0.461. The Hall–Kier alpha value is -3.31. The number of nitrogens with zero attached hydrogens (tertiary/aromatic N) is 1. The van der Waals surface area contributed by atoms with E-state index < -0.39 is 18.1 Å². The van der Waals surface area contributed by atoms with Crippen molar-refractivity contribution in [3.8, 4) is 5.75 Å². The van der Waals surface area contributed by atoms with Gasteiger partial charge in [-0.2, -0.15) is 0 Å². The van der Waals surface area contributed by atoms with Gasteiger partial charge in [0, 0.05) is 30.0 Å². The number of ether oxygens (including phenoxy) is 1. The van der Waals surface area contributed by atoms with Gasteiger partial charge >= 0.3 is 5.97 Å². The van der Waals surface area contributed by atoms with E-state index in [4.69, 9.17) is 16.3 Å². The van der Waals surface area contributed by atoms with Crippen molar-refractivity contribution in [3.05, 3.63) is 99.6 Å². The molecule has 3 aromatic carbocycles. The summed E-state index contributed by atoms with van der Waals surface area (Å²) in [5, 5.41) is 9.91. The molecule has 0 aliphatic carbocycles. The van der Waals surface area contributed by atoms with Crippen molar-refractivity contribution in [2.75, 3.05) is 6.54 Å². The van der Waals surface area contributed by atoms with Gasteiger partial charge in [-0.1, -0.05) is 54.9 Å². The second-order valence-corrected chi connectivity index (χ2v) is 9.52. The molecule has 3 aromatic rings. The number of carboxylic acids is 1. The van der Waals surface area contributed by atoms with Crippen molar-refractivity contribution in [1.82, 2.24) is 4.90 Å². The van der Waals surface area contributed by atoms with Crippen molar-refractivity contribution < 1.29 is 19.4 Å². The number of halogens is 1. The number of fused-ring (bicyclic) bond motifs is 1. The maximum absolute atomic E-state index is 13.3. The molecule has 0 aromatic heterocycles. The van der Waals surface area contributed by atoms with Crippen LogP contribution in [0.15, 0.2) is 66.7 Å². The first-order valence-electron chi connectivity index (χ1n) is 11.4. The number of carboxylic acid groups (broad SMARTS) is 1. The third-order valence-electron chi connectivity index (χ3n) is 6.11. The number of amides is 1. The molecular weight excluding hydrogens is 450 g/mol. The van der Waals surface area contributed by atoms with Crippen LogP contribution in [-0.2, 0) is 30.6 Å². The lowest BCUT2D eigenvalue weighted by atomic mass is 9.91. The zero-order chi connectivity index (χ0) is 24.3. The minimum Gasteiger partial charge on any atom is -0.487 e. The van der Waals surface area contributed by atoms with E-state index in [1.54, 1.807) is 24.3 Å². The van der Waals surface area contributed by atoms with Crippen LogP contribution in [0.5, 0.6) is 5.75 Å². The van der Waals surface area contributed by atoms with Gasteiger partial charge < -0.3 is 14.7 Å². The van der Waals surface area contributed by atoms with E-state index in [1.807, 2.05) is 18.2 Å². The molecule has 0 fully saturated rings. The molecule has 0 bridgehead atoms. The fraction of sp³-hybridized carbons (Fsp3) is 0.286. The van der Waals surface area contributed by atoms with Gasteiger partial charge in [0.05, 0.1) is 0 Å². The van der Waals surface area contributed by atoms with Gasteiger partial charge in [0.1, 0.15) is 17.9 Å². The molecule has 0 radical (unpaired) electrons. The van der Waals surface area contributed by atoms with Crippen LogP contribution in [0.2, 0.25) is 5.02 Å². The van der Waals surface area contributed by atoms with Gasteiger partial charge in [0.2, 0.25) is 0 Å². The largest absolute Gasteiger partial charge is 0.487 e. The van der Waals surface area contributed by atoms with E-state index in [-0.39, 0.29) is 12.5 Å². The molecule has 34 heavy (non-hydrogen) atoms. The molecule has 0 saturated carbocycles. The number of carbonyl (C=O) groups excluding carboxylic acids is 1. The van der Waals surface area contributed by atoms with Gasteiger partial charge in [0.25, 0.3) is 5.91 Å². The van der Waals surface area contributed by atoms with E-state index in [9.17, 15) is 14.7 Å². The molecule has 176 valence electrons. The van der Waals surface area contributed by atoms with Gasteiger partial charge in [-0.15, -0.1) is 0 Å². The normalized spacial score (nSPS) is 16.6. The number of hydrogen-bond acceptors (Lipinski definition) is 3. The second-order valence-electron chi connectivity index (χ2n) is 9.08. The van der Waals surface area contributed by atoms with Crippen LogP contribution in [0.1, 0.15) is 46.5 Å². The summed E-state index contributed by atoms with van der Waals surface area (Å²) in [5.41, 5.74) is 4.28. The summed E-state index contributed by atoms with van der Waals surface area (Å²) < 4.78 is 6.29. The highest BCUT2D eigenvalue weighted by Crippen LogP contribution is 2.37. The number of aliphatic carboxylic acids is 1. The predicted molar refractivity (Wildman–Crippen MR) is 133 cm³/mol. The monoisotopic (exact) mass is 477 g/mol. The van der Waals surface area contributed by atoms with Crippen LogP contribution in [0.25, 0.3) is 0 Å². The molecule has 0 saturated heterocycles. The van der Waals surface area contributed by atoms with Crippen LogP contribution in [0, 0.1) is 0 Å². The zero-order valence-corrected chi connectivity index (χ0v) is 20.1. The number of benzene rings is 3. The lowest BCUT2D eigenvalue weighted by molar-refractivity contribution is -0.137. The fourth-order valence-electron chi connectivity index (χ4n) is 4.48. The maximum atomic E-state index is 13.3. The molecule has 4 rings (SSSR count). The van der Waals surface area contributed by atoms with Crippen LogP contribution < -0.4 is 4.74 Å². The highest BCUT2D eigenvalue weighted by molar-refractivity contribution is 6.30. The maximum Gasteiger partial charge on any atom is 0.323 e. The first-order valence-corrected chi connectivity index (χ1v) is 11.8. The molecule has 1 atom stereocenters. The van der Waals surface area contributed by atoms with Gasteiger partial charge in [-0.3, -0.25) is 9.59 Å². The summed E-state index contributed by atoms with van der Waals surface area (Å²) in [4.78, 5) is 26.0. The molecule has 1 aliphatic rings. The lowest BCUT2D eigenvalue weighted by Gasteiger charge is -2.24. The number of rotatable bonds is 8. The Bertz CT molecular complexity index is 1210. The topological polar surface area (TPSA) is 66.8 Å². The smallest absolute Gasteiger partial charge is 0.323 e. The van der Waals surface area contributed by atoms with Crippen LogP contribution >= 0.6 is 11.6 Å². The lowest BCUT2D eigenvalue weighted by Crippen LogP contribution is -2.35. The molecule has 1 amide bonds. The van der Waals surface area contributed by atoms with Crippen LogP contribution in [0.3, 0.4) is 0 Å². The molecule has 1 heterocycles. The zero-order valence-electron chi connectivity index (χ0n) is 19.4. The number of carbonyl (C=O) groups is 2. The average molecular weight is 478 g/mol. The van der Waals surface area contributed by atoms with Crippen molar-refractivity contribution in [2.45, 2.75) is 45.3 Å². The summed E-state index contributed by atoms with van der Waals surface area (Å²) in [6, 6.07) is 21.0. The second kappa shape index (κ2) is 9.90. The molecule has 5 nitrogen and oxygen atoms in total. The van der Waals surface area contributed by atoms with E-state index in [0.717, 1.165) is 29.7 Å². The Morgan fingerprint density at radius 3 is 2.44 bits per heavy atom. The Kier molecular flexibility index (Phi) is 6.94. The summed E-state index contributed by atoms with van der Waals surface area (Å²) in [7, 11) is 0. The highest BCUT2D eigenvalue weighted by Gasteiger charge is 2.35. The first kappa shape index (κ1) is 23.8. The SMILES string of the molecule is CCc1ccc(C[C@]2(C)Cc3cc(C(=O)N(CC(=O)O)Cc4cccc(Cl)c4)ccc3O2)cc1. The van der Waals surface area contributed by atoms with Crippen LogP contribution in [0.4, 0.5) is 0 Å². The third-order valence-corrected chi connectivity index (χ3v) is 6.35.